The molecule has 2 aromatic rings. The molecule has 134 valence electrons. The predicted octanol–water partition coefficient (Wildman–Crippen LogP) is 2.96. The van der Waals surface area contributed by atoms with Gasteiger partial charge in [0.25, 0.3) is 5.91 Å². The Morgan fingerprint density at radius 3 is 2.76 bits per heavy atom. The first-order valence-electron chi connectivity index (χ1n) is 8.90. The summed E-state index contributed by atoms with van der Waals surface area (Å²) in [6, 6.07) is 7.74. The standard InChI is InChI=1S/C19H26N4O2/c1-14(2)23-13-20-21-18(23)11-15-7-9-22(10-8-15)19(24)16-5-4-6-17(12-16)25-3/h4-6,12-15H,7-11H2,1-3H3. The number of benzene rings is 1. The highest BCUT2D eigenvalue weighted by Crippen LogP contribution is 2.24. The molecule has 0 unspecified atom stereocenters. The molecule has 1 saturated heterocycles. The average molecular weight is 342 g/mol. The average Bonchev–Trinajstić information content (AvgIpc) is 3.10. The van der Waals surface area contributed by atoms with Gasteiger partial charge in [-0.05, 0) is 50.8 Å². The van der Waals surface area contributed by atoms with E-state index in [-0.39, 0.29) is 5.91 Å². The predicted molar refractivity (Wildman–Crippen MR) is 95.7 cm³/mol. The van der Waals surface area contributed by atoms with Crippen LogP contribution in [0.25, 0.3) is 0 Å². The number of ether oxygens (including phenoxy) is 1. The Labute approximate surface area is 148 Å². The van der Waals surface area contributed by atoms with E-state index in [9.17, 15) is 4.79 Å². The summed E-state index contributed by atoms with van der Waals surface area (Å²) in [5.41, 5.74) is 0.692. The van der Waals surface area contributed by atoms with Crippen molar-refractivity contribution in [2.75, 3.05) is 20.2 Å². The highest BCUT2D eigenvalue weighted by molar-refractivity contribution is 5.94. The number of piperidine rings is 1. The maximum atomic E-state index is 12.7. The Morgan fingerprint density at radius 2 is 2.08 bits per heavy atom. The van der Waals surface area contributed by atoms with Crippen molar-refractivity contribution < 1.29 is 9.53 Å². The Hall–Kier alpha value is -2.37. The Balaban J connectivity index is 1.58. The topological polar surface area (TPSA) is 60.2 Å². The fraction of sp³-hybridized carbons (Fsp3) is 0.526. The number of nitrogens with zero attached hydrogens (tertiary/aromatic N) is 4. The van der Waals surface area contributed by atoms with Gasteiger partial charge in [0.2, 0.25) is 0 Å². The molecule has 1 aromatic carbocycles. The summed E-state index contributed by atoms with van der Waals surface area (Å²) in [5.74, 6) is 2.40. The van der Waals surface area contributed by atoms with E-state index in [2.05, 4.69) is 28.6 Å². The largest absolute Gasteiger partial charge is 0.497 e. The van der Waals surface area contributed by atoms with Crippen LogP contribution >= 0.6 is 0 Å². The van der Waals surface area contributed by atoms with Crippen molar-refractivity contribution in [1.29, 1.82) is 0 Å². The van der Waals surface area contributed by atoms with Crippen molar-refractivity contribution in [3.05, 3.63) is 42.0 Å². The lowest BCUT2D eigenvalue weighted by Crippen LogP contribution is -2.39. The number of hydrogen-bond acceptors (Lipinski definition) is 4. The first-order valence-corrected chi connectivity index (χ1v) is 8.90. The molecule has 1 amide bonds. The summed E-state index contributed by atoms with van der Waals surface area (Å²) in [4.78, 5) is 14.6. The Morgan fingerprint density at radius 1 is 1.32 bits per heavy atom. The molecule has 3 rings (SSSR count). The molecule has 2 heterocycles. The maximum absolute atomic E-state index is 12.7. The summed E-state index contributed by atoms with van der Waals surface area (Å²) >= 11 is 0. The molecular weight excluding hydrogens is 316 g/mol. The van der Waals surface area contributed by atoms with Gasteiger partial charge in [0.15, 0.2) is 0 Å². The van der Waals surface area contributed by atoms with Crippen LogP contribution in [0.5, 0.6) is 5.75 Å². The van der Waals surface area contributed by atoms with Crippen LogP contribution in [0.1, 0.15) is 48.9 Å². The fourth-order valence-corrected chi connectivity index (χ4v) is 3.38. The lowest BCUT2D eigenvalue weighted by atomic mass is 9.92. The van der Waals surface area contributed by atoms with Crippen molar-refractivity contribution in [2.24, 2.45) is 5.92 Å². The Kier molecular flexibility index (Phi) is 5.36. The van der Waals surface area contributed by atoms with Crippen LogP contribution in [0.15, 0.2) is 30.6 Å². The van der Waals surface area contributed by atoms with Crippen molar-refractivity contribution in [3.63, 3.8) is 0 Å². The van der Waals surface area contributed by atoms with Crippen LogP contribution in [0.2, 0.25) is 0 Å². The zero-order chi connectivity index (χ0) is 17.8. The third kappa shape index (κ3) is 4.00. The monoisotopic (exact) mass is 342 g/mol. The van der Waals surface area contributed by atoms with E-state index in [1.165, 1.54) is 0 Å². The molecule has 0 radical (unpaired) electrons. The summed E-state index contributed by atoms with van der Waals surface area (Å²) in [7, 11) is 1.62. The summed E-state index contributed by atoms with van der Waals surface area (Å²) < 4.78 is 7.35. The normalized spacial score (nSPS) is 15.6. The third-order valence-corrected chi connectivity index (χ3v) is 4.89. The van der Waals surface area contributed by atoms with Crippen molar-refractivity contribution >= 4 is 5.91 Å². The van der Waals surface area contributed by atoms with Gasteiger partial charge in [-0.1, -0.05) is 6.07 Å². The zero-order valence-corrected chi connectivity index (χ0v) is 15.2. The SMILES string of the molecule is COc1cccc(C(=O)N2CCC(Cc3nncn3C(C)C)CC2)c1. The Bertz CT molecular complexity index is 718. The number of carbonyl (C=O) groups is 1. The fourth-order valence-electron chi connectivity index (χ4n) is 3.38. The number of amides is 1. The van der Waals surface area contributed by atoms with E-state index >= 15 is 0 Å². The molecule has 6 nitrogen and oxygen atoms in total. The minimum Gasteiger partial charge on any atom is -0.497 e. The number of carbonyl (C=O) groups excluding carboxylic acids is 1. The summed E-state index contributed by atoms with van der Waals surface area (Å²) in [6.07, 6.45) is 4.74. The molecule has 1 aliphatic rings. The third-order valence-electron chi connectivity index (χ3n) is 4.89. The van der Waals surface area contributed by atoms with Gasteiger partial charge in [0.1, 0.15) is 17.9 Å². The van der Waals surface area contributed by atoms with Gasteiger partial charge in [-0.3, -0.25) is 4.79 Å². The highest BCUT2D eigenvalue weighted by atomic mass is 16.5. The minimum absolute atomic E-state index is 0.0858. The maximum Gasteiger partial charge on any atom is 0.253 e. The van der Waals surface area contributed by atoms with Crippen LogP contribution in [-0.4, -0.2) is 45.8 Å². The quantitative estimate of drug-likeness (QED) is 0.838. The van der Waals surface area contributed by atoms with Crippen LogP contribution in [0, 0.1) is 5.92 Å². The first kappa shape index (κ1) is 17.5. The molecule has 0 bridgehead atoms. The minimum atomic E-state index is 0.0858. The van der Waals surface area contributed by atoms with Gasteiger partial charge in [0.05, 0.1) is 7.11 Å². The number of methoxy groups -OCH3 is 1. The molecular formula is C19H26N4O2. The van der Waals surface area contributed by atoms with E-state index in [1.807, 2.05) is 23.1 Å². The van der Waals surface area contributed by atoms with Crippen LogP contribution in [0.4, 0.5) is 0 Å². The second-order valence-electron chi connectivity index (χ2n) is 6.92. The van der Waals surface area contributed by atoms with Gasteiger partial charge < -0.3 is 14.2 Å². The van der Waals surface area contributed by atoms with Gasteiger partial charge in [0, 0.05) is 31.1 Å². The lowest BCUT2D eigenvalue weighted by Gasteiger charge is -2.32. The van der Waals surface area contributed by atoms with Gasteiger partial charge >= 0.3 is 0 Å². The molecule has 25 heavy (non-hydrogen) atoms. The second kappa shape index (κ2) is 7.68. The molecule has 0 spiro atoms. The molecule has 0 aliphatic carbocycles. The van der Waals surface area contributed by atoms with E-state index in [4.69, 9.17) is 4.74 Å². The number of likely N-dealkylation sites (tertiary alicyclic amines) is 1. The number of hydrogen-bond donors (Lipinski definition) is 0. The second-order valence-corrected chi connectivity index (χ2v) is 6.92. The van der Waals surface area contributed by atoms with E-state index < -0.39 is 0 Å². The van der Waals surface area contributed by atoms with E-state index in [0.717, 1.165) is 38.2 Å². The van der Waals surface area contributed by atoms with Gasteiger partial charge in [-0.15, -0.1) is 10.2 Å². The molecule has 0 atom stereocenters. The smallest absolute Gasteiger partial charge is 0.253 e. The summed E-state index contributed by atoms with van der Waals surface area (Å²) in [6.45, 7) is 5.86. The summed E-state index contributed by atoms with van der Waals surface area (Å²) in [5, 5.41) is 8.32. The van der Waals surface area contributed by atoms with Gasteiger partial charge in [-0.2, -0.15) is 0 Å². The molecule has 0 saturated carbocycles. The van der Waals surface area contributed by atoms with Crippen LogP contribution in [0.3, 0.4) is 0 Å². The number of rotatable bonds is 5. The van der Waals surface area contributed by atoms with E-state index in [0.29, 0.717) is 23.3 Å². The molecule has 1 aliphatic heterocycles. The number of aromatic nitrogens is 3. The van der Waals surface area contributed by atoms with Gasteiger partial charge in [-0.25, -0.2) is 0 Å². The van der Waals surface area contributed by atoms with Crippen molar-refractivity contribution in [2.45, 2.75) is 39.2 Å². The van der Waals surface area contributed by atoms with Crippen LogP contribution in [-0.2, 0) is 6.42 Å². The lowest BCUT2D eigenvalue weighted by molar-refractivity contribution is 0.0689. The van der Waals surface area contributed by atoms with Crippen LogP contribution < -0.4 is 4.74 Å². The zero-order valence-electron chi connectivity index (χ0n) is 15.2. The first-order chi connectivity index (χ1) is 12.1. The molecule has 6 heteroatoms. The molecule has 1 fully saturated rings. The molecule has 0 N–H and O–H groups in total. The highest BCUT2D eigenvalue weighted by Gasteiger charge is 2.25. The molecule has 1 aromatic heterocycles. The van der Waals surface area contributed by atoms with Crippen molar-refractivity contribution in [1.82, 2.24) is 19.7 Å². The van der Waals surface area contributed by atoms with Crippen molar-refractivity contribution in [3.8, 4) is 5.75 Å². The van der Waals surface area contributed by atoms with E-state index in [1.54, 1.807) is 19.5 Å².